The van der Waals surface area contributed by atoms with Crippen molar-refractivity contribution in [3.05, 3.63) is 35.4 Å². The van der Waals surface area contributed by atoms with Crippen LogP contribution in [0.5, 0.6) is 0 Å². The molecule has 1 heterocycles. The molecule has 1 aromatic carbocycles. The van der Waals surface area contributed by atoms with Gasteiger partial charge >= 0.3 is 0 Å². The number of amides is 1. The highest BCUT2D eigenvalue weighted by Gasteiger charge is 2.24. The molecule has 1 aliphatic rings. The van der Waals surface area contributed by atoms with Crippen molar-refractivity contribution >= 4 is 5.91 Å². The Morgan fingerprint density at radius 3 is 2.94 bits per heavy atom. The van der Waals surface area contributed by atoms with Crippen molar-refractivity contribution in [1.29, 1.82) is 0 Å². The molecule has 3 nitrogen and oxygen atoms in total. The number of carbonyl (C=O) groups is 1. The average molecular weight is 233 g/mol. The molecule has 17 heavy (non-hydrogen) atoms. The molecule has 1 aromatic rings. The Labute approximate surface area is 102 Å². The van der Waals surface area contributed by atoms with Gasteiger partial charge in [0.15, 0.2) is 0 Å². The summed E-state index contributed by atoms with van der Waals surface area (Å²) in [6.45, 7) is 3.63. The zero-order chi connectivity index (χ0) is 12.3. The molecule has 1 aliphatic heterocycles. The molecule has 2 rings (SSSR count). The number of aliphatic hydroxyl groups is 1. The number of aliphatic hydroxyl groups excluding tert-OH is 1. The molecule has 1 amide bonds. The Hall–Kier alpha value is -1.35. The lowest BCUT2D eigenvalue weighted by Crippen LogP contribution is -2.41. The van der Waals surface area contributed by atoms with Gasteiger partial charge in [-0.25, -0.2) is 0 Å². The molecule has 0 aromatic heterocycles. The van der Waals surface area contributed by atoms with Crippen LogP contribution in [0.15, 0.2) is 24.3 Å². The first-order valence-corrected chi connectivity index (χ1v) is 6.18. The van der Waals surface area contributed by atoms with Crippen LogP contribution in [0.2, 0.25) is 0 Å². The second kappa shape index (κ2) is 5.32. The fraction of sp³-hybridized carbons (Fsp3) is 0.500. The average Bonchev–Trinajstić information content (AvgIpc) is 2.38. The van der Waals surface area contributed by atoms with Gasteiger partial charge in [-0.15, -0.1) is 0 Å². The third kappa shape index (κ3) is 2.67. The summed E-state index contributed by atoms with van der Waals surface area (Å²) in [7, 11) is 0. The molecule has 0 bridgehead atoms. The fourth-order valence-corrected chi connectivity index (χ4v) is 2.38. The van der Waals surface area contributed by atoms with Crippen molar-refractivity contribution in [2.75, 3.05) is 19.7 Å². The molecule has 0 radical (unpaired) electrons. The van der Waals surface area contributed by atoms with E-state index in [1.165, 1.54) is 0 Å². The molecule has 1 atom stereocenters. The second-order valence-corrected chi connectivity index (χ2v) is 4.76. The number of carbonyl (C=O) groups excluding carboxylic acids is 1. The lowest BCUT2D eigenvalue weighted by atomic mass is 9.97. The molecule has 1 saturated heterocycles. The summed E-state index contributed by atoms with van der Waals surface area (Å²) in [6.07, 6.45) is 2.01. The number of benzene rings is 1. The first-order valence-electron chi connectivity index (χ1n) is 6.18. The molecule has 0 spiro atoms. The number of aryl methyl sites for hydroxylation is 1. The summed E-state index contributed by atoms with van der Waals surface area (Å²) in [4.78, 5) is 14.2. The van der Waals surface area contributed by atoms with Gasteiger partial charge in [0, 0.05) is 25.3 Å². The monoisotopic (exact) mass is 233 g/mol. The van der Waals surface area contributed by atoms with E-state index in [9.17, 15) is 9.90 Å². The van der Waals surface area contributed by atoms with E-state index in [4.69, 9.17) is 0 Å². The number of hydrogen-bond donors (Lipinski definition) is 1. The maximum atomic E-state index is 12.3. The minimum absolute atomic E-state index is 0.0984. The van der Waals surface area contributed by atoms with Gasteiger partial charge in [-0.3, -0.25) is 4.79 Å². The van der Waals surface area contributed by atoms with Crippen LogP contribution in [0.3, 0.4) is 0 Å². The van der Waals surface area contributed by atoms with Crippen molar-refractivity contribution in [3.8, 4) is 0 Å². The number of likely N-dealkylation sites (tertiary alicyclic amines) is 1. The van der Waals surface area contributed by atoms with Crippen molar-refractivity contribution in [2.24, 2.45) is 5.92 Å². The Balaban J connectivity index is 2.12. The van der Waals surface area contributed by atoms with E-state index in [-0.39, 0.29) is 18.4 Å². The molecule has 0 unspecified atom stereocenters. The van der Waals surface area contributed by atoms with E-state index in [1.807, 2.05) is 36.1 Å². The summed E-state index contributed by atoms with van der Waals surface area (Å²) in [5, 5.41) is 9.18. The molecular weight excluding hydrogens is 214 g/mol. The minimum atomic E-state index is 0.0984. The van der Waals surface area contributed by atoms with Gasteiger partial charge in [0.1, 0.15) is 0 Å². The number of nitrogens with zero attached hydrogens (tertiary/aromatic N) is 1. The Morgan fingerprint density at radius 2 is 2.24 bits per heavy atom. The molecule has 0 saturated carbocycles. The van der Waals surface area contributed by atoms with Crippen LogP contribution in [0.4, 0.5) is 0 Å². The molecular formula is C14H19NO2. The molecule has 1 fully saturated rings. The third-order valence-corrected chi connectivity index (χ3v) is 3.44. The lowest BCUT2D eigenvalue weighted by Gasteiger charge is -2.32. The topological polar surface area (TPSA) is 40.5 Å². The van der Waals surface area contributed by atoms with Gasteiger partial charge in [0.2, 0.25) is 0 Å². The van der Waals surface area contributed by atoms with Crippen LogP contribution in [0, 0.1) is 12.8 Å². The van der Waals surface area contributed by atoms with Crippen molar-refractivity contribution in [2.45, 2.75) is 19.8 Å². The van der Waals surface area contributed by atoms with Crippen LogP contribution in [-0.4, -0.2) is 35.6 Å². The van der Waals surface area contributed by atoms with E-state index in [0.717, 1.165) is 30.5 Å². The summed E-state index contributed by atoms with van der Waals surface area (Å²) in [5.74, 6) is 0.345. The SMILES string of the molecule is Cc1ccccc1C(=O)N1CCC[C@H](CO)C1. The highest BCUT2D eigenvalue weighted by Crippen LogP contribution is 2.19. The molecule has 3 heteroatoms. The third-order valence-electron chi connectivity index (χ3n) is 3.44. The lowest BCUT2D eigenvalue weighted by molar-refractivity contribution is 0.0620. The second-order valence-electron chi connectivity index (χ2n) is 4.76. The van der Waals surface area contributed by atoms with Gasteiger partial charge in [-0.05, 0) is 37.3 Å². The van der Waals surface area contributed by atoms with Crippen LogP contribution in [0.1, 0.15) is 28.8 Å². The van der Waals surface area contributed by atoms with Gasteiger partial charge in [0.05, 0.1) is 0 Å². The number of piperidine rings is 1. The fourth-order valence-electron chi connectivity index (χ4n) is 2.38. The van der Waals surface area contributed by atoms with Gasteiger partial charge < -0.3 is 10.0 Å². The summed E-state index contributed by atoms with van der Waals surface area (Å²) >= 11 is 0. The van der Waals surface area contributed by atoms with Crippen LogP contribution in [-0.2, 0) is 0 Å². The molecule has 92 valence electrons. The largest absolute Gasteiger partial charge is 0.396 e. The predicted molar refractivity (Wildman–Crippen MR) is 66.9 cm³/mol. The van der Waals surface area contributed by atoms with E-state index in [2.05, 4.69) is 0 Å². The van der Waals surface area contributed by atoms with Crippen LogP contribution < -0.4 is 0 Å². The normalized spacial score (nSPS) is 20.4. The highest BCUT2D eigenvalue weighted by atomic mass is 16.3. The van der Waals surface area contributed by atoms with Crippen molar-refractivity contribution < 1.29 is 9.90 Å². The zero-order valence-corrected chi connectivity index (χ0v) is 10.2. The van der Waals surface area contributed by atoms with E-state index < -0.39 is 0 Å². The van der Waals surface area contributed by atoms with Gasteiger partial charge in [0.25, 0.3) is 5.91 Å². The predicted octanol–water partition coefficient (Wildman–Crippen LogP) is 1.84. The summed E-state index contributed by atoms with van der Waals surface area (Å²) in [5.41, 5.74) is 1.80. The minimum Gasteiger partial charge on any atom is -0.396 e. The van der Waals surface area contributed by atoms with Crippen LogP contribution in [0.25, 0.3) is 0 Å². The Kier molecular flexibility index (Phi) is 3.79. The first kappa shape index (κ1) is 12.1. The zero-order valence-electron chi connectivity index (χ0n) is 10.2. The molecule has 1 N–H and O–H groups in total. The maximum absolute atomic E-state index is 12.3. The summed E-state index contributed by atoms with van der Waals surface area (Å²) in [6, 6.07) is 7.67. The number of hydrogen-bond acceptors (Lipinski definition) is 2. The van der Waals surface area contributed by atoms with E-state index in [0.29, 0.717) is 6.54 Å². The first-order chi connectivity index (χ1) is 8.22. The van der Waals surface area contributed by atoms with Crippen LogP contribution >= 0.6 is 0 Å². The quantitative estimate of drug-likeness (QED) is 0.846. The Morgan fingerprint density at radius 1 is 1.47 bits per heavy atom. The standard InChI is InChI=1S/C14H19NO2/c1-11-5-2-3-7-13(11)14(17)15-8-4-6-12(9-15)10-16/h2-3,5,7,12,16H,4,6,8-10H2,1H3/t12-/m0/s1. The van der Waals surface area contributed by atoms with E-state index >= 15 is 0 Å². The maximum Gasteiger partial charge on any atom is 0.254 e. The molecule has 0 aliphatic carbocycles. The smallest absolute Gasteiger partial charge is 0.254 e. The van der Waals surface area contributed by atoms with Gasteiger partial charge in [-0.2, -0.15) is 0 Å². The van der Waals surface area contributed by atoms with E-state index in [1.54, 1.807) is 0 Å². The summed E-state index contributed by atoms with van der Waals surface area (Å²) < 4.78 is 0. The highest BCUT2D eigenvalue weighted by molar-refractivity contribution is 5.95. The van der Waals surface area contributed by atoms with Crippen molar-refractivity contribution in [3.63, 3.8) is 0 Å². The number of rotatable bonds is 2. The van der Waals surface area contributed by atoms with Crippen molar-refractivity contribution in [1.82, 2.24) is 4.90 Å². The van der Waals surface area contributed by atoms with Gasteiger partial charge in [-0.1, -0.05) is 18.2 Å². The Bertz CT molecular complexity index is 403.